The Labute approximate surface area is 131 Å². The zero-order valence-electron chi connectivity index (χ0n) is 12.7. The minimum Gasteiger partial charge on any atom is -0.456 e. The third-order valence-electron chi connectivity index (χ3n) is 4.49. The quantitative estimate of drug-likeness (QED) is 0.792. The fraction of sp³-hybridized carbons (Fsp3) is 0.316. The average Bonchev–Trinajstić information content (AvgIpc) is 2.59. The summed E-state index contributed by atoms with van der Waals surface area (Å²) in [6.45, 7) is 3.40. The monoisotopic (exact) mass is 295 g/mol. The summed E-state index contributed by atoms with van der Waals surface area (Å²) in [6.07, 6.45) is 1.67. The molecule has 0 radical (unpaired) electrons. The van der Waals surface area contributed by atoms with Gasteiger partial charge < -0.3 is 4.74 Å². The van der Waals surface area contributed by atoms with E-state index in [0.717, 1.165) is 38.0 Å². The van der Waals surface area contributed by atoms with Gasteiger partial charge in [-0.3, -0.25) is 9.69 Å². The summed E-state index contributed by atoms with van der Waals surface area (Å²) < 4.78 is 5.55. The first-order valence-electron chi connectivity index (χ1n) is 7.76. The van der Waals surface area contributed by atoms with Gasteiger partial charge in [-0.25, -0.2) is 0 Å². The van der Waals surface area contributed by atoms with E-state index in [0.29, 0.717) is 6.47 Å². The number of hydrogen-bond acceptors (Lipinski definition) is 3. The van der Waals surface area contributed by atoms with E-state index >= 15 is 0 Å². The van der Waals surface area contributed by atoms with Gasteiger partial charge in [0, 0.05) is 32.5 Å². The van der Waals surface area contributed by atoms with Gasteiger partial charge in [-0.1, -0.05) is 60.7 Å². The number of likely N-dealkylation sites (tertiary alicyclic amines) is 1. The predicted molar refractivity (Wildman–Crippen MR) is 86.2 cm³/mol. The molecular weight excluding hydrogens is 274 g/mol. The minimum atomic E-state index is -0.462. The molecule has 0 aromatic heterocycles. The molecule has 0 amide bonds. The Hall–Kier alpha value is -2.13. The lowest BCUT2D eigenvalue weighted by Gasteiger charge is -2.40. The molecule has 0 bridgehead atoms. The number of hydrogen-bond donors (Lipinski definition) is 0. The molecule has 3 nitrogen and oxygen atoms in total. The van der Waals surface area contributed by atoms with Crippen molar-refractivity contribution >= 4 is 6.47 Å². The van der Waals surface area contributed by atoms with Crippen LogP contribution in [0.25, 0.3) is 0 Å². The molecule has 0 saturated carbocycles. The van der Waals surface area contributed by atoms with Gasteiger partial charge >= 0.3 is 0 Å². The van der Waals surface area contributed by atoms with Crippen LogP contribution in [0.3, 0.4) is 0 Å². The lowest BCUT2D eigenvalue weighted by Crippen LogP contribution is -2.43. The number of rotatable bonds is 5. The predicted octanol–water partition coefficient (Wildman–Crippen LogP) is 3.35. The topological polar surface area (TPSA) is 29.5 Å². The van der Waals surface area contributed by atoms with E-state index < -0.39 is 5.60 Å². The molecule has 22 heavy (non-hydrogen) atoms. The SMILES string of the molecule is O=COC1(c2ccccc2)CCN(Cc2ccccc2)CC1. The van der Waals surface area contributed by atoms with Gasteiger partial charge in [0.05, 0.1) is 0 Å². The molecule has 1 aliphatic heterocycles. The summed E-state index contributed by atoms with van der Waals surface area (Å²) in [7, 11) is 0. The highest BCUT2D eigenvalue weighted by molar-refractivity contribution is 5.40. The Bertz CT molecular complexity index is 589. The van der Waals surface area contributed by atoms with E-state index in [1.165, 1.54) is 5.56 Å². The number of piperidine rings is 1. The molecular formula is C19H21NO2. The van der Waals surface area contributed by atoms with E-state index in [1.54, 1.807) is 0 Å². The third kappa shape index (κ3) is 3.20. The molecule has 0 spiro atoms. The normalized spacial score (nSPS) is 17.8. The molecule has 0 unspecified atom stereocenters. The van der Waals surface area contributed by atoms with E-state index in [2.05, 4.69) is 41.3 Å². The van der Waals surface area contributed by atoms with E-state index in [9.17, 15) is 4.79 Å². The van der Waals surface area contributed by atoms with Crippen LogP contribution < -0.4 is 0 Å². The highest BCUT2D eigenvalue weighted by Gasteiger charge is 2.37. The maximum absolute atomic E-state index is 11.0. The van der Waals surface area contributed by atoms with Gasteiger partial charge in [0.2, 0.25) is 0 Å². The van der Waals surface area contributed by atoms with Crippen LogP contribution in [0.2, 0.25) is 0 Å². The van der Waals surface area contributed by atoms with Crippen molar-refractivity contribution in [1.29, 1.82) is 0 Å². The molecule has 0 atom stereocenters. The summed E-state index contributed by atoms with van der Waals surface area (Å²) in [5, 5.41) is 0. The van der Waals surface area contributed by atoms with Gasteiger partial charge in [0.15, 0.2) is 0 Å². The van der Waals surface area contributed by atoms with Crippen molar-refractivity contribution in [2.24, 2.45) is 0 Å². The van der Waals surface area contributed by atoms with Gasteiger partial charge in [0.1, 0.15) is 5.60 Å². The van der Waals surface area contributed by atoms with Crippen LogP contribution in [0.5, 0.6) is 0 Å². The smallest absolute Gasteiger partial charge is 0.293 e. The lowest BCUT2D eigenvalue weighted by molar-refractivity contribution is -0.150. The second kappa shape index (κ2) is 6.75. The molecule has 0 N–H and O–H groups in total. The minimum absolute atomic E-state index is 0.462. The van der Waals surface area contributed by atoms with E-state index in [1.807, 2.05) is 24.3 Å². The first-order chi connectivity index (χ1) is 10.8. The zero-order valence-corrected chi connectivity index (χ0v) is 12.7. The maximum Gasteiger partial charge on any atom is 0.293 e. The number of nitrogens with zero attached hydrogens (tertiary/aromatic N) is 1. The van der Waals surface area contributed by atoms with Crippen LogP contribution in [0.4, 0.5) is 0 Å². The molecule has 3 rings (SSSR count). The van der Waals surface area contributed by atoms with Gasteiger partial charge in [-0.2, -0.15) is 0 Å². The van der Waals surface area contributed by atoms with Crippen molar-refractivity contribution < 1.29 is 9.53 Å². The Morgan fingerprint density at radius 2 is 1.55 bits per heavy atom. The van der Waals surface area contributed by atoms with Crippen molar-refractivity contribution in [3.8, 4) is 0 Å². The molecule has 114 valence electrons. The van der Waals surface area contributed by atoms with Crippen LogP contribution in [0.1, 0.15) is 24.0 Å². The highest BCUT2D eigenvalue weighted by atomic mass is 16.5. The van der Waals surface area contributed by atoms with Crippen molar-refractivity contribution in [2.45, 2.75) is 25.0 Å². The highest BCUT2D eigenvalue weighted by Crippen LogP contribution is 2.36. The van der Waals surface area contributed by atoms with Crippen LogP contribution in [-0.2, 0) is 21.7 Å². The fourth-order valence-electron chi connectivity index (χ4n) is 3.22. The van der Waals surface area contributed by atoms with Gasteiger partial charge in [-0.15, -0.1) is 0 Å². The van der Waals surface area contributed by atoms with Crippen LogP contribution >= 0.6 is 0 Å². The Morgan fingerprint density at radius 3 is 2.14 bits per heavy atom. The number of benzene rings is 2. The van der Waals surface area contributed by atoms with Crippen LogP contribution in [-0.4, -0.2) is 24.5 Å². The average molecular weight is 295 g/mol. The van der Waals surface area contributed by atoms with Gasteiger partial charge in [0.25, 0.3) is 6.47 Å². The van der Waals surface area contributed by atoms with E-state index in [4.69, 9.17) is 4.74 Å². The molecule has 2 aromatic carbocycles. The molecule has 0 aliphatic carbocycles. The Balaban J connectivity index is 1.69. The Morgan fingerprint density at radius 1 is 0.955 bits per heavy atom. The van der Waals surface area contributed by atoms with Crippen LogP contribution in [0.15, 0.2) is 60.7 Å². The summed E-state index contributed by atoms with van der Waals surface area (Å²) in [4.78, 5) is 13.4. The summed E-state index contributed by atoms with van der Waals surface area (Å²) in [5.74, 6) is 0. The summed E-state index contributed by atoms with van der Waals surface area (Å²) in [5.41, 5.74) is 1.96. The van der Waals surface area contributed by atoms with Gasteiger partial charge in [-0.05, 0) is 11.1 Å². The van der Waals surface area contributed by atoms with Crippen molar-refractivity contribution in [2.75, 3.05) is 13.1 Å². The standard InChI is InChI=1S/C19H21NO2/c21-16-22-19(18-9-5-2-6-10-18)11-13-20(14-12-19)15-17-7-3-1-4-8-17/h1-10,16H,11-15H2. The molecule has 1 heterocycles. The number of ether oxygens (including phenoxy) is 1. The van der Waals surface area contributed by atoms with Crippen molar-refractivity contribution in [3.05, 3.63) is 71.8 Å². The second-order valence-corrected chi connectivity index (χ2v) is 5.84. The molecule has 3 heteroatoms. The molecule has 1 aliphatic rings. The third-order valence-corrected chi connectivity index (χ3v) is 4.49. The molecule has 1 saturated heterocycles. The summed E-state index contributed by atoms with van der Waals surface area (Å²) >= 11 is 0. The van der Waals surface area contributed by atoms with Crippen molar-refractivity contribution in [3.63, 3.8) is 0 Å². The lowest BCUT2D eigenvalue weighted by atomic mass is 9.84. The Kier molecular flexibility index (Phi) is 4.54. The van der Waals surface area contributed by atoms with Crippen molar-refractivity contribution in [1.82, 2.24) is 4.90 Å². The maximum atomic E-state index is 11.0. The first kappa shape index (κ1) is 14.8. The largest absolute Gasteiger partial charge is 0.456 e. The molecule has 2 aromatic rings. The zero-order chi connectivity index (χ0) is 15.3. The second-order valence-electron chi connectivity index (χ2n) is 5.84. The van der Waals surface area contributed by atoms with Crippen LogP contribution in [0, 0.1) is 0 Å². The summed E-state index contributed by atoms with van der Waals surface area (Å²) in [6, 6.07) is 20.6. The molecule has 1 fully saturated rings. The first-order valence-corrected chi connectivity index (χ1v) is 7.76. The fourth-order valence-corrected chi connectivity index (χ4v) is 3.22. The number of carbonyl (C=O) groups excluding carboxylic acids is 1. The van der Waals surface area contributed by atoms with E-state index in [-0.39, 0.29) is 0 Å². The number of carbonyl (C=O) groups is 1.